The van der Waals surface area contributed by atoms with Crippen LogP contribution in [0.2, 0.25) is 0 Å². The van der Waals surface area contributed by atoms with Crippen molar-refractivity contribution in [2.75, 3.05) is 26.3 Å². The molecule has 0 aliphatic carbocycles. The van der Waals surface area contributed by atoms with Crippen LogP contribution in [0.4, 0.5) is 0 Å². The van der Waals surface area contributed by atoms with Crippen LogP contribution in [0.5, 0.6) is 5.75 Å². The summed E-state index contributed by atoms with van der Waals surface area (Å²) in [6.07, 6.45) is 4.72. The van der Waals surface area contributed by atoms with Crippen LogP contribution in [0.1, 0.15) is 35.3 Å². The summed E-state index contributed by atoms with van der Waals surface area (Å²) in [4.78, 5) is 19.5. The SMILES string of the molecule is O=C(NC1CCOC1)c1ccccc1OC1CCN(Cc2ccccn2)CC1. The molecule has 1 atom stereocenters. The van der Waals surface area contributed by atoms with E-state index in [1.165, 1.54) is 0 Å². The summed E-state index contributed by atoms with van der Waals surface area (Å²) >= 11 is 0. The van der Waals surface area contributed by atoms with Gasteiger partial charge in [0.2, 0.25) is 0 Å². The molecule has 1 aromatic heterocycles. The molecule has 3 heterocycles. The number of likely N-dealkylation sites (tertiary alicyclic amines) is 1. The summed E-state index contributed by atoms with van der Waals surface area (Å²) in [5.74, 6) is 0.584. The van der Waals surface area contributed by atoms with Crippen molar-refractivity contribution in [2.45, 2.75) is 38.0 Å². The van der Waals surface area contributed by atoms with E-state index in [-0.39, 0.29) is 18.1 Å². The van der Waals surface area contributed by atoms with Gasteiger partial charge in [-0.25, -0.2) is 0 Å². The van der Waals surface area contributed by atoms with E-state index in [2.05, 4.69) is 21.3 Å². The van der Waals surface area contributed by atoms with Gasteiger partial charge >= 0.3 is 0 Å². The second kappa shape index (κ2) is 9.17. The number of rotatable bonds is 6. The van der Waals surface area contributed by atoms with Crippen molar-refractivity contribution in [3.63, 3.8) is 0 Å². The molecule has 148 valence electrons. The highest BCUT2D eigenvalue weighted by Crippen LogP contribution is 2.24. The minimum absolute atomic E-state index is 0.0845. The molecular formula is C22H27N3O3. The van der Waals surface area contributed by atoms with Crippen LogP contribution in [0, 0.1) is 0 Å². The second-order valence-corrected chi connectivity index (χ2v) is 7.44. The number of benzene rings is 1. The maximum absolute atomic E-state index is 12.7. The maximum Gasteiger partial charge on any atom is 0.255 e. The highest BCUT2D eigenvalue weighted by molar-refractivity contribution is 5.97. The molecule has 0 radical (unpaired) electrons. The summed E-state index contributed by atoms with van der Waals surface area (Å²) in [5.41, 5.74) is 1.70. The number of piperidine rings is 1. The van der Waals surface area contributed by atoms with Gasteiger partial charge in [-0.15, -0.1) is 0 Å². The Balaban J connectivity index is 1.32. The van der Waals surface area contributed by atoms with Crippen LogP contribution in [0.15, 0.2) is 48.7 Å². The number of pyridine rings is 1. The molecule has 2 aromatic rings. The van der Waals surface area contributed by atoms with E-state index in [4.69, 9.17) is 9.47 Å². The lowest BCUT2D eigenvalue weighted by molar-refractivity contribution is 0.0875. The van der Waals surface area contributed by atoms with Gasteiger partial charge in [0.1, 0.15) is 11.9 Å². The molecular weight excluding hydrogens is 354 g/mol. The number of amides is 1. The molecule has 2 fully saturated rings. The highest BCUT2D eigenvalue weighted by atomic mass is 16.5. The smallest absolute Gasteiger partial charge is 0.255 e. The van der Waals surface area contributed by atoms with E-state index in [0.717, 1.165) is 44.6 Å². The van der Waals surface area contributed by atoms with Crippen molar-refractivity contribution in [3.8, 4) is 5.75 Å². The quantitative estimate of drug-likeness (QED) is 0.833. The highest BCUT2D eigenvalue weighted by Gasteiger charge is 2.24. The Morgan fingerprint density at radius 3 is 2.71 bits per heavy atom. The predicted octanol–water partition coefficient (Wildman–Crippen LogP) is 2.64. The molecule has 2 saturated heterocycles. The van der Waals surface area contributed by atoms with Crippen LogP contribution in [-0.2, 0) is 11.3 Å². The Bertz CT molecular complexity index is 770. The van der Waals surface area contributed by atoms with E-state index >= 15 is 0 Å². The zero-order valence-electron chi connectivity index (χ0n) is 16.0. The topological polar surface area (TPSA) is 63.7 Å². The van der Waals surface area contributed by atoms with Crippen LogP contribution in [0.3, 0.4) is 0 Å². The lowest BCUT2D eigenvalue weighted by atomic mass is 10.1. The molecule has 1 aromatic carbocycles. The Kier molecular flexibility index (Phi) is 6.19. The molecule has 1 N–H and O–H groups in total. The summed E-state index contributed by atoms with van der Waals surface area (Å²) in [5, 5.41) is 3.05. The molecule has 4 rings (SSSR count). The Morgan fingerprint density at radius 2 is 1.96 bits per heavy atom. The molecule has 28 heavy (non-hydrogen) atoms. The van der Waals surface area contributed by atoms with Crippen molar-refractivity contribution in [1.29, 1.82) is 0 Å². The fourth-order valence-electron chi connectivity index (χ4n) is 3.75. The summed E-state index contributed by atoms with van der Waals surface area (Å²) in [6.45, 7) is 4.10. The summed E-state index contributed by atoms with van der Waals surface area (Å²) in [7, 11) is 0. The zero-order valence-corrected chi connectivity index (χ0v) is 16.0. The fourth-order valence-corrected chi connectivity index (χ4v) is 3.75. The van der Waals surface area contributed by atoms with Gasteiger partial charge in [-0.2, -0.15) is 0 Å². The van der Waals surface area contributed by atoms with Crippen molar-refractivity contribution in [1.82, 2.24) is 15.2 Å². The van der Waals surface area contributed by atoms with Gasteiger partial charge in [-0.3, -0.25) is 14.7 Å². The average molecular weight is 381 g/mol. The van der Waals surface area contributed by atoms with Gasteiger partial charge < -0.3 is 14.8 Å². The molecule has 6 heteroatoms. The Morgan fingerprint density at radius 1 is 1.14 bits per heavy atom. The minimum Gasteiger partial charge on any atom is -0.489 e. The number of aromatic nitrogens is 1. The number of hydrogen-bond acceptors (Lipinski definition) is 5. The molecule has 0 spiro atoms. The van der Waals surface area contributed by atoms with Crippen LogP contribution >= 0.6 is 0 Å². The van der Waals surface area contributed by atoms with Crippen molar-refractivity contribution in [2.24, 2.45) is 0 Å². The molecule has 0 saturated carbocycles. The van der Waals surface area contributed by atoms with E-state index in [1.807, 2.05) is 42.6 Å². The third-order valence-electron chi connectivity index (χ3n) is 5.34. The van der Waals surface area contributed by atoms with Gasteiger partial charge in [-0.05, 0) is 43.5 Å². The van der Waals surface area contributed by atoms with Crippen LogP contribution < -0.4 is 10.1 Å². The predicted molar refractivity (Wildman–Crippen MR) is 106 cm³/mol. The van der Waals surface area contributed by atoms with E-state index in [9.17, 15) is 4.79 Å². The number of ether oxygens (including phenoxy) is 2. The number of nitrogens with one attached hydrogen (secondary N) is 1. The largest absolute Gasteiger partial charge is 0.489 e. The molecule has 2 aliphatic rings. The van der Waals surface area contributed by atoms with E-state index in [0.29, 0.717) is 24.5 Å². The number of para-hydroxylation sites is 1. The molecule has 6 nitrogen and oxygen atoms in total. The number of hydrogen-bond donors (Lipinski definition) is 1. The van der Waals surface area contributed by atoms with Gasteiger partial charge in [0.05, 0.1) is 23.9 Å². The zero-order chi connectivity index (χ0) is 19.2. The van der Waals surface area contributed by atoms with E-state index < -0.39 is 0 Å². The number of carbonyl (C=O) groups excluding carboxylic acids is 1. The molecule has 1 unspecified atom stereocenters. The van der Waals surface area contributed by atoms with Gasteiger partial charge in [0, 0.05) is 32.4 Å². The first kappa shape index (κ1) is 18.9. The lowest BCUT2D eigenvalue weighted by Crippen LogP contribution is -2.38. The first-order chi connectivity index (χ1) is 13.8. The first-order valence-electron chi connectivity index (χ1n) is 10.0. The monoisotopic (exact) mass is 381 g/mol. The van der Waals surface area contributed by atoms with Crippen molar-refractivity contribution >= 4 is 5.91 Å². The third-order valence-corrected chi connectivity index (χ3v) is 5.34. The normalized spacial score (nSPS) is 20.8. The van der Waals surface area contributed by atoms with Gasteiger partial charge in [0.25, 0.3) is 5.91 Å². The van der Waals surface area contributed by atoms with Gasteiger partial charge in [0.15, 0.2) is 0 Å². The molecule has 0 bridgehead atoms. The molecule has 1 amide bonds. The lowest BCUT2D eigenvalue weighted by Gasteiger charge is -2.32. The average Bonchev–Trinajstić information content (AvgIpc) is 3.24. The Hall–Kier alpha value is -2.44. The van der Waals surface area contributed by atoms with Crippen molar-refractivity contribution in [3.05, 3.63) is 59.9 Å². The first-order valence-corrected chi connectivity index (χ1v) is 10.0. The molecule has 2 aliphatic heterocycles. The fraction of sp³-hybridized carbons (Fsp3) is 0.455. The van der Waals surface area contributed by atoms with Crippen LogP contribution in [0.25, 0.3) is 0 Å². The summed E-state index contributed by atoms with van der Waals surface area (Å²) in [6, 6.07) is 13.6. The van der Waals surface area contributed by atoms with Gasteiger partial charge in [-0.1, -0.05) is 18.2 Å². The minimum atomic E-state index is -0.0845. The van der Waals surface area contributed by atoms with Crippen LogP contribution in [-0.4, -0.2) is 54.2 Å². The Labute approximate surface area is 165 Å². The van der Waals surface area contributed by atoms with Crippen molar-refractivity contribution < 1.29 is 14.3 Å². The number of nitrogens with zero attached hydrogens (tertiary/aromatic N) is 2. The third kappa shape index (κ3) is 4.88. The second-order valence-electron chi connectivity index (χ2n) is 7.44. The maximum atomic E-state index is 12.7. The number of carbonyl (C=O) groups is 1. The van der Waals surface area contributed by atoms with E-state index in [1.54, 1.807) is 0 Å². The summed E-state index contributed by atoms with van der Waals surface area (Å²) < 4.78 is 11.6. The standard InChI is InChI=1S/C22H27N3O3/c26-22(24-18-10-14-27-16-18)20-6-1-2-7-21(20)28-19-8-12-25(13-9-19)15-17-5-3-4-11-23-17/h1-7,11,18-19H,8-10,12-16H2,(H,24,26).